The molecule has 0 bridgehead atoms. The average molecular weight is 275 g/mol. The summed E-state index contributed by atoms with van der Waals surface area (Å²) in [4.78, 5) is 2.40. The Morgan fingerprint density at radius 2 is 2.25 bits per heavy atom. The number of nitrogens with one attached hydrogen (secondary N) is 1. The average Bonchev–Trinajstić information content (AvgIpc) is 2.45. The number of nitrogens with zero attached hydrogens (tertiary/aromatic N) is 2. The van der Waals surface area contributed by atoms with Gasteiger partial charge in [-0.25, -0.2) is 4.39 Å². The summed E-state index contributed by atoms with van der Waals surface area (Å²) in [6.45, 7) is 5.84. The van der Waals surface area contributed by atoms with E-state index in [2.05, 4.69) is 17.1 Å². The maximum absolute atomic E-state index is 13.5. The minimum Gasteiger partial charge on any atom is -0.315 e. The van der Waals surface area contributed by atoms with Gasteiger partial charge in [0, 0.05) is 19.1 Å². The van der Waals surface area contributed by atoms with Gasteiger partial charge in [0.2, 0.25) is 0 Å². The molecule has 1 heterocycles. The molecule has 1 aromatic carbocycles. The molecule has 4 heteroatoms. The van der Waals surface area contributed by atoms with Crippen LogP contribution in [0.5, 0.6) is 0 Å². The number of benzene rings is 1. The topological polar surface area (TPSA) is 39.1 Å². The molecule has 1 saturated heterocycles. The van der Waals surface area contributed by atoms with Crippen molar-refractivity contribution in [1.82, 2.24) is 10.2 Å². The smallest absolute Gasteiger partial charge is 0.124 e. The largest absolute Gasteiger partial charge is 0.315 e. The molecule has 0 aliphatic carbocycles. The summed E-state index contributed by atoms with van der Waals surface area (Å²) in [5.74, 6) is -0.320. The molecule has 0 spiro atoms. The Morgan fingerprint density at radius 1 is 1.40 bits per heavy atom. The van der Waals surface area contributed by atoms with E-state index in [4.69, 9.17) is 5.26 Å². The van der Waals surface area contributed by atoms with Crippen LogP contribution in [0.25, 0.3) is 0 Å². The zero-order chi connectivity index (χ0) is 14.4. The summed E-state index contributed by atoms with van der Waals surface area (Å²) < 4.78 is 13.5. The van der Waals surface area contributed by atoms with E-state index in [0.717, 1.165) is 31.7 Å². The van der Waals surface area contributed by atoms with Gasteiger partial charge in [-0.15, -0.1) is 0 Å². The van der Waals surface area contributed by atoms with Crippen LogP contribution in [0.15, 0.2) is 18.2 Å². The molecule has 0 aromatic heterocycles. The second-order valence-corrected chi connectivity index (χ2v) is 5.39. The number of nitriles is 1. The normalized spacial score (nSPS) is 19.8. The van der Waals surface area contributed by atoms with Crippen molar-refractivity contribution in [2.45, 2.75) is 38.8 Å². The summed E-state index contributed by atoms with van der Waals surface area (Å²) in [5.41, 5.74) is 1.30. The van der Waals surface area contributed by atoms with Crippen molar-refractivity contribution < 1.29 is 4.39 Å². The Hall–Kier alpha value is -1.44. The summed E-state index contributed by atoms with van der Waals surface area (Å²) in [5, 5.41) is 12.3. The molecule has 0 saturated carbocycles. The first-order valence-electron chi connectivity index (χ1n) is 7.37. The minimum absolute atomic E-state index is 0.320. The maximum Gasteiger partial charge on any atom is 0.124 e. The van der Waals surface area contributed by atoms with Gasteiger partial charge in [-0.05, 0) is 49.7 Å². The second kappa shape index (κ2) is 7.37. The van der Waals surface area contributed by atoms with Gasteiger partial charge in [-0.3, -0.25) is 4.90 Å². The van der Waals surface area contributed by atoms with E-state index in [1.807, 2.05) is 6.07 Å². The lowest BCUT2D eigenvalue weighted by Gasteiger charge is -2.36. The van der Waals surface area contributed by atoms with E-state index in [-0.39, 0.29) is 5.82 Å². The lowest BCUT2D eigenvalue weighted by Crippen LogP contribution is -2.44. The van der Waals surface area contributed by atoms with E-state index in [1.165, 1.54) is 25.3 Å². The van der Waals surface area contributed by atoms with Gasteiger partial charge in [0.1, 0.15) is 5.82 Å². The molecule has 1 aliphatic rings. The van der Waals surface area contributed by atoms with Crippen molar-refractivity contribution in [3.8, 4) is 6.07 Å². The van der Waals surface area contributed by atoms with Crippen molar-refractivity contribution in [3.05, 3.63) is 35.1 Å². The van der Waals surface area contributed by atoms with Gasteiger partial charge in [-0.1, -0.05) is 13.3 Å². The molecule has 1 N–H and O–H groups in total. The van der Waals surface area contributed by atoms with E-state index in [0.29, 0.717) is 11.6 Å². The van der Waals surface area contributed by atoms with E-state index < -0.39 is 0 Å². The first-order valence-corrected chi connectivity index (χ1v) is 7.37. The molecule has 0 radical (unpaired) electrons. The van der Waals surface area contributed by atoms with Gasteiger partial charge in [0.05, 0.1) is 11.6 Å². The van der Waals surface area contributed by atoms with Crippen LogP contribution < -0.4 is 5.32 Å². The number of rotatable bonds is 5. The zero-order valence-electron chi connectivity index (χ0n) is 12.0. The molecule has 108 valence electrons. The number of hydrogen-bond acceptors (Lipinski definition) is 3. The van der Waals surface area contributed by atoms with E-state index in [1.54, 1.807) is 12.1 Å². The lowest BCUT2D eigenvalue weighted by atomic mass is 10.0. The molecule has 1 atom stereocenters. The van der Waals surface area contributed by atoms with Crippen LogP contribution in [0.4, 0.5) is 4.39 Å². The van der Waals surface area contributed by atoms with Crippen molar-refractivity contribution in [3.63, 3.8) is 0 Å². The third-order valence-electron chi connectivity index (χ3n) is 3.85. The summed E-state index contributed by atoms with van der Waals surface area (Å²) in [6, 6.07) is 7.15. The Bertz CT molecular complexity index is 481. The molecule has 0 amide bonds. The fourth-order valence-electron chi connectivity index (χ4n) is 2.85. The van der Waals surface area contributed by atoms with Crippen molar-refractivity contribution in [2.75, 3.05) is 19.6 Å². The summed E-state index contributed by atoms with van der Waals surface area (Å²) in [6.07, 6.45) is 3.65. The molecular formula is C16H22FN3. The molecule has 20 heavy (non-hydrogen) atoms. The quantitative estimate of drug-likeness (QED) is 0.898. The zero-order valence-corrected chi connectivity index (χ0v) is 12.0. The highest BCUT2D eigenvalue weighted by Crippen LogP contribution is 2.20. The van der Waals surface area contributed by atoms with Crippen LogP contribution >= 0.6 is 0 Å². The standard InChI is InChI=1S/C16H22FN3/c1-2-19-11-16-5-3-4-6-20(16)12-14-7-13(10-18)8-15(17)9-14/h7-9,16,19H,2-6,11-12H2,1H3. The molecule has 1 aromatic rings. The first kappa shape index (κ1) is 15.0. The molecule has 1 aliphatic heterocycles. The van der Waals surface area contributed by atoms with Crippen LogP contribution in [-0.2, 0) is 6.54 Å². The molecule has 3 nitrogen and oxygen atoms in total. The maximum atomic E-state index is 13.5. The van der Waals surface area contributed by atoms with Crippen molar-refractivity contribution in [2.24, 2.45) is 0 Å². The number of halogens is 1. The van der Waals surface area contributed by atoms with Crippen molar-refractivity contribution >= 4 is 0 Å². The first-order chi connectivity index (χ1) is 9.72. The van der Waals surface area contributed by atoms with Gasteiger partial charge in [0.15, 0.2) is 0 Å². The third-order valence-corrected chi connectivity index (χ3v) is 3.85. The van der Waals surface area contributed by atoms with E-state index >= 15 is 0 Å². The highest BCUT2D eigenvalue weighted by molar-refractivity contribution is 5.33. The highest BCUT2D eigenvalue weighted by atomic mass is 19.1. The van der Waals surface area contributed by atoms with E-state index in [9.17, 15) is 4.39 Å². The molecule has 2 rings (SSSR count). The van der Waals surface area contributed by atoms with Crippen LogP contribution in [0.2, 0.25) is 0 Å². The molecular weight excluding hydrogens is 253 g/mol. The molecule has 1 unspecified atom stereocenters. The lowest BCUT2D eigenvalue weighted by molar-refractivity contribution is 0.138. The fraction of sp³-hybridized carbons (Fsp3) is 0.562. The van der Waals surface area contributed by atoms with Gasteiger partial charge < -0.3 is 5.32 Å². The Kier molecular flexibility index (Phi) is 5.51. The predicted octanol–water partition coefficient (Wildman–Crippen LogP) is 2.66. The Morgan fingerprint density at radius 3 is 3.00 bits per heavy atom. The predicted molar refractivity (Wildman–Crippen MR) is 77.7 cm³/mol. The van der Waals surface area contributed by atoms with Gasteiger partial charge in [-0.2, -0.15) is 5.26 Å². The Labute approximate surface area is 120 Å². The van der Waals surface area contributed by atoms with Crippen LogP contribution in [0, 0.1) is 17.1 Å². The number of piperidine rings is 1. The highest BCUT2D eigenvalue weighted by Gasteiger charge is 2.22. The second-order valence-electron chi connectivity index (χ2n) is 5.39. The third kappa shape index (κ3) is 4.03. The van der Waals surface area contributed by atoms with Gasteiger partial charge >= 0.3 is 0 Å². The Balaban J connectivity index is 2.06. The number of likely N-dealkylation sites (N-methyl/N-ethyl adjacent to an activating group) is 1. The number of likely N-dealkylation sites (tertiary alicyclic amines) is 1. The van der Waals surface area contributed by atoms with Gasteiger partial charge in [0.25, 0.3) is 0 Å². The van der Waals surface area contributed by atoms with Crippen LogP contribution in [0.3, 0.4) is 0 Å². The van der Waals surface area contributed by atoms with Crippen LogP contribution in [-0.4, -0.2) is 30.6 Å². The molecule has 1 fully saturated rings. The number of hydrogen-bond donors (Lipinski definition) is 1. The SMILES string of the molecule is CCNCC1CCCCN1Cc1cc(F)cc(C#N)c1. The van der Waals surface area contributed by atoms with Crippen molar-refractivity contribution in [1.29, 1.82) is 5.26 Å². The monoisotopic (exact) mass is 275 g/mol. The summed E-state index contributed by atoms with van der Waals surface area (Å²) >= 11 is 0. The van der Waals surface area contributed by atoms with Crippen LogP contribution in [0.1, 0.15) is 37.3 Å². The minimum atomic E-state index is -0.320. The fourth-order valence-corrected chi connectivity index (χ4v) is 2.85. The summed E-state index contributed by atoms with van der Waals surface area (Å²) in [7, 11) is 0.